The number of amides is 1. The summed E-state index contributed by atoms with van der Waals surface area (Å²) < 4.78 is 5.26. The molecule has 1 saturated heterocycles. The maximum atomic E-state index is 12.5. The van der Waals surface area contributed by atoms with Crippen LogP contribution in [0.5, 0.6) is 5.75 Å². The third-order valence-electron chi connectivity index (χ3n) is 5.12. The Bertz CT molecular complexity index is 749. The average molecular weight is 352 g/mol. The normalized spacial score (nSPS) is 15.4. The first kappa shape index (κ1) is 18.3. The number of hydrogen-bond donors (Lipinski definition) is 1. The van der Waals surface area contributed by atoms with Crippen molar-refractivity contribution in [3.8, 4) is 5.75 Å². The number of ether oxygens (including phenoxy) is 1. The van der Waals surface area contributed by atoms with E-state index >= 15 is 0 Å². The smallest absolute Gasteiger partial charge is 0.251 e. The van der Waals surface area contributed by atoms with Crippen molar-refractivity contribution in [1.29, 1.82) is 0 Å². The molecule has 2 aromatic rings. The van der Waals surface area contributed by atoms with Gasteiger partial charge in [-0.05, 0) is 74.6 Å². The van der Waals surface area contributed by atoms with Crippen LogP contribution in [0.4, 0.5) is 5.69 Å². The SMILES string of the molecule is COc1ccc(C(=O)N[C@H](C)c2ccc(N3CCCCC3)cc2)cc1C. The largest absolute Gasteiger partial charge is 0.496 e. The maximum absolute atomic E-state index is 12.5. The topological polar surface area (TPSA) is 41.6 Å². The van der Waals surface area contributed by atoms with Crippen molar-refractivity contribution in [3.63, 3.8) is 0 Å². The molecule has 1 atom stereocenters. The number of carbonyl (C=O) groups is 1. The quantitative estimate of drug-likeness (QED) is 0.862. The van der Waals surface area contributed by atoms with Crippen LogP contribution >= 0.6 is 0 Å². The Kier molecular flexibility index (Phi) is 5.82. The summed E-state index contributed by atoms with van der Waals surface area (Å²) in [6.45, 7) is 6.24. The van der Waals surface area contributed by atoms with Crippen molar-refractivity contribution in [1.82, 2.24) is 5.32 Å². The zero-order valence-electron chi connectivity index (χ0n) is 15.9. The van der Waals surface area contributed by atoms with Crippen LogP contribution in [0.1, 0.15) is 53.7 Å². The number of nitrogens with one attached hydrogen (secondary N) is 1. The maximum Gasteiger partial charge on any atom is 0.251 e. The highest BCUT2D eigenvalue weighted by molar-refractivity contribution is 5.94. The molecular weight excluding hydrogens is 324 g/mol. The third kappa shape index (κ3) is 4.18. The second kappa shape index (κ2) is 8.26. The van der Waals surface area contributed by atoms with E-state index < -0.39 is 0 Å². The molecule has 3 rings (SSSR count). The lowest BCUT2D eigenvalue weighted by atomic mass is 10.0. The van der Waals surface area contributed by atoms with Gasteiger partial charge in [-0.25, -0.2) is 0 Å². The van der Waals surface area contributed by atoms with Crippen LogP contribution in [0.15, 0.2) is 42.5 Å². The fraction of sp³-hybridized carbons (Fsp3) is 0.409. The van der Waals surface area contributed by atoms with Gasteiger partial charge in [0, 0.05) is 24.3 Å². The molecule has 1 fully saturated rings. The fourth-order valence-corrected chi connectivity index (χ4v) is 3.51. The Labute approximate surface area is 156 Å². The second-order valence-corrected chi connectivity index (χ2v) is 7.02. The lowest BCUT2D eigenvalue weighted by Crippen LogP contribution is -2.29. The third-order valence-corrected chi connectivity index (χ3v) is 5.12. The molecular formula is C22H28N2O2. The molecule has 0 aliphatic carbocycles. The monoisotopic (exact) mass is 352 g/mol. The van der Waals surface area contributed by atoms with Gasteiger partial charge >= 0.3 is 0 Å². The number of benzene rings is 2. The summed E-state index contributed by atoms with van der Waals surface area (Å²) in [4.78, 5) is 15.0. The molecule has 2 aromatic carbocycles. The lowest BCUT2D eigenvalue weighted by molar-refractivity contribution is 0.0940. The van der Waals surface area contributed by atoms with E-state index in [9.17, 15) is 4.79 Å². The molecule has 0 unspecified atom stereocenters. The van der Waals surface area contributed by atoms with E-state index in [0.29, 0.717) is 5.56 Å². The summed E-state index contributed by atoms with van der Waals surface area (Å²) in [5.41, 5.74) is 4.00. The summed E-state index contributed by atoms with van der Waals surface area (Å²) in [7, 11) is 1.64. The Morgan fingerprint density at radius 2 is 1.77 bits per heavy atom. The van der Waals surface area contributed by atoms with Crippen molar-refractivity contribution >= 4 is 11.6 Å². The van der Waals surface area contributed by atoms with Gasteiger partial charge in [0.25, 0.3) is 5.91 Å². The first-order chi connectivity index (χ1) is 12.6. The minimum atomic E-state index is -0.0663. The van der Waals surface area contributed by atoms with E-state index in [4.69, 9.17) is 4.74 Å². The molecule has 0 bridgehead atoms. The van der Waals surface area contributed by atoms with Crippen molar-refractivity contribution in [2.75, 3.05) is 25.1 Å². The molecule has 0 saturated carbocycles. The Morgan fingerprint density at radius 3 is 2.38 bits per heavy atom. The molecule has 0 aromatic heterocycles. The summed E-state index contributed by atoms with van der Waals surface area (Å²) in [6.07, 6.45) is 3.88. The molecule has 1 aliphatic heterocycles. The van der Waals surface area contributed by atoms with Gasteiger partial charge in [0.2, 0.25) is 0 Å². The number of nitrogens with zero attached hydrogens (tertiary/aromatic N) is 1. The van der Waals surface area contributed by atoms with Crippen LogP contribution in [0, 0.1) is 6.92 Å². The zero-order chi connectivity index (χ0) is 18.5. The molecule has 138 valence electrons. The average Bonchev–Trinajstić information content (AvgIpc) is 2.68. The standard InChI is InChI=1S/C22H28N2O2/c1-16-15-19(9-12-21(16)26-3)22(25)23-17(2)18-7-10-20(11-8-18)24-13-5-4-6-14-24/h7-12,15,17H,4-6,13-14H2,1-3H3,(H,23,25)/t17-/m1/s1. The lowest BCUT2D eigenvalue weighted by Gasteiger charge is -2.29. The summed E-state index contributed by atoms with van der Waals surface area (Å²) in [5.74, 6) is 0.728. The molecule has 4 heteroatoms. The number of methoxy groups -OCH3 is 1. The predicted octanol–water partition coefficient (Wildman–Crippen LogP) is 4.48. The van der Waals surface area contributed by atoms with Gasteiger partial charge in [0.15, 0.2) is 0 Å². The van der Waals surface area contributed by atoms with E-state index in [1.54, 1.807) is 13.2 Å². The second-order valence-electron chi connectivity index (χ2n) is 7.02. The number of carbonyl (C=O) groups excluding carboxylic acids is 1. The minimum absolute atomic E-state index is 0.0414. The van der Waals surface area contributed by atoms with Crippen molar-refractivity contribution in [2.45, 2.75) is 39.2 Å². The minimum Gasteiger partial charge on any atom is -0.496 e. The molecule has 1 N–H and O–H groups in total. The molecule has 1 aliphatic rings. The molecule has 1 amide bonds. The van der Waals surface area contributed by atoms with E-state index in [1.165, 1.54) is 24.9 Å². The van der Waals surface area contributed by atoms with Gasteiger partial charge < -0.3 is 15.0 Å². The van der Waals surface area contributed by atoms with E-state index in [1.807, 2.05) is 26.0 Å². The van der Waals surface area contributed by atoms with Crippen LogP contribution in [0.2, 0.25) is 0 Å². The van der Waals surface area contributed by atoms with Crippen LogP contribution in [-0.2, 0) is 0 Å². The number of hydrogen-bond acceptors (Lipinski definition) is 3. The van der Waals surface area contributed by atoms with E-state index in [0.717, 1.165) is 30.0 Å². The van der Waals surface area contributed by atoms with Crippen molar-refractivity contribution < 1.29 is 9.53 Å². The van der Waals surface area contributed by atoms with Gasteiger partial charge in [0.05, 0.1) is 13.2 Å². The van der Waals surface area contributed by atoms with Gasteiger partial charge in [-0.1, -0.05) is 12.1 Å². The highest BCUT2D eigenvalue weighted by Crippen LogP contribution is 2.23. The molecule has 4 nitrogen and oxygen atoms in total. The van der Waals surface area contributed by atoms with Crippen LogP contribution < -0.4 is 15.0 Å². The zero-order valence-corrected chi connectivity index (χ0v) is 15.9. The van der Waals surface area contributed by atoms with Crippen LogP contribution in [0.3, 0.4) is 0 Å². The Balaban J connectivity index is 1.64. The number of piperidine rings is 1. The number of aryl methyl sites for hydroxylation is 1. The Hall–Kier alpha value is -2.49. The van der Waals surface area contributed by atoms with Crippen LogP contribution in [-0.4, -0.2) is 26.1 Å². The summed E-state index contributed by atoms with van der Waals surface area (Å²) in [5, 5.41) is 3.08. The molecule has 0 spiro atoms. The first-order valence-corrected chi connectivity index (χ1v) is 9.39. The van der Waals surface area contributed by atoms with Crippen molar-refractivity contribution in [3.05, 3.63) is 59.2 Å². The highest BCUT2D eigenvalue weighted by Gasteiger charge is 2.14. The fourth-order valence-electron chi connectivity index (χ4n) is 3.51. The number of rotatable bonds is 5. The molecule has 26 heavy (non-hydrogen) atoms. The Morgan fingerprint density at radius 1 is 1.08 bits per heavy atom. The van der Waals surface area contributed by atoms with E-state index in [2.05, 4.69) is 34.5 Å². The van der Waals surface area contributed by atoms with Crippen LogP contribution in [0.25, 0.3) is 0 Å². The first-order valence-electron chi connectivity index (χ1n) is 9.39. The molecule has 0 radical (unpaired) electrons. The van der Waals surface area contributed by atoms with Gasteiger partial charge in [-0.3, -0.25) is 4.79 Å². The van der Waals surface area contributed by atoms with Gasteiger partial charge in [-0.2, -0.15) is 0 Å². The molecule has 1 heterocycles. The van der Waals surface area contributed by atoms with E-state index in [-0.39, 0.29) is 11.9 Å². The summed E-state index contributed by atoms with van der Waals surface area (Å²) >= 11 is 0. The van der Waals surface area contributed by atoms with Gasteiger partial charge in [-0.15, -0.1) is 0 Å². The predicted molar refractivity (Wildman–Crippen MR) is 106 cm³/mol. The highest BCUT2D eigenvalue weighted by atomic mass is 16.5. The summed E-state index contributed by atoms with van der Waals surface area (Å²) in [6, 6.07) is 14.0. The number of anilines is 1. The van der Waals surface area contributed by atoms with Gasteiger partial charge in [0.1, 0.15) is 5.75 Å². The van der Waals surface area contributed by atoms with Crippen molar-refractivity contribution in [2.24, 2.45) is 0 Å².